The van der Waals surface area contributed by atoms with Crippen LogP contribution < -0.4 is 10.5 Å². The average Bonchev–Trinajstić information content (AvgIpc) is 3.39. The summed E-state index contributed by atoms with van der Waals surface area (Å²) in [7, 11) is 0. The molecule has 29 heavy (non-hydrogen) atoms. The Balaban J connectivity index is 1.26. The Morgan fingerprint density at radius 3 is 3.03 bits per heavy atom. The number of ether oxygens (including phenoxy) is 2. The van der Waals surface area contributed by atoms with E-state index in [4.69, 9.17) is 20.5 Å². The van der Waals surface area contributed by atoms with Gasteiger partial charge in [0.1, 0.15) is 42.4 Å². The van der Waals surface area contributed by atoms with Gasteiger partial charge in [-0.1, -0.05) is 0 Å². The van der Waals surface area contributed by atoms with Crippen LogP contribution in [0.1, 0.15) is 24.6 Å². The first-order chi connectivity index (χ1) is 14.2. The number of nitrogen functional groups attached to an aromatic ring is 1. The molecule has 8 heteroatoms. The van der Waals surface area contributed by atoms with Crippen molar-refractivity contribution in [2.45, 2.75) is 25.2 Å². The van der Waals surface area contributed by atoms with Crippen molar-refractivity contribution in [1.29, 1.82) is 5.26 Å². The molecule has 1 aromatic carbocycles. The van der Waals surface area contributed by atoms with E-state index in [-0.39, 0.29) is 12.3 Å². The van der Waals surface area contributed by atoms with Crippen LogP contribution in [-0.2, 0) is 4.74 Å². The third kappa shape index (κ3) is 3.22. The molecule has 4 aromatic rings. The molecular weight excluding hydrogens is 368 g/mol. The molecule has 5 rings (SSSR count). The number of benzene rings is 1. The molecule has 3 aromatic heterocycles. The summed E-state index contributed by atoms with van der Waals surface area (Å²) in [5.74, 6) is 1.20. The largest absolute Gasteiger partial charge is 0.491 e. The van der Waals surface area contributed by atoms with Crippen molar-refractivity contribution >= 4 is 27.8 Å². The number of anilines is 1. The van der Waals surface area contributed by atoms with Crippen LogP contribution in [0.25, 0.3) is 21.9 Å². The van der Waals surface area contributed by atoms with Gasteiger partial charge in [-0.3, -0.25) is 4.98 Å². The highest BCUT2D eigenvalue weighted by atomic mass is 16.6. The Kier molecular flexibility index (Phi) is 4.22. The second-order valence-corrected chi connectivity index (χ2v) is 7.01. The maximum absolute atomic E-state index is 8.98. The number of hydrogen-bond donors (Lipinski definition) is 1. The molecule has 2 atom stereocenters. The van der Waals surface area contributed by atoms with Gasteiger partial charge >= 0.3 is 0 Å². The Hall–Kier alpha value is -3.70. The van der Waals surface area contributed by atoms with Crippen molar-refractivity contribution in [3.05, 3.63) is 54.6 Å². The average molecular weight is 386 g/mol. The minimum absolute atomic E-state index is 0.0127. The fraction of sp³-hybridized carbons (Fsp3) is 0.238. The number of nitrogens with two attached hydrogens (primary N) is 1. The highest BCUT2D eigenvalue weighted by Crippen LogP contribution is 2.32. The van der Waals surface area contributed by atoms with E-state index in [9.17, 15) is 0 Å². The molecule has 1 saturated heterocycles. The van der Waals surface area contributed by atoms with Crippen LogP contribution in [-0.4, -0.2) is 32.2 Å². The van der Waals surface area contributed by atoms with E-state index in [1.165, 1.54) is 6.33 Å². The Morgan fingerprint density at radius 1 is 1.21 bits per heavy atom. The van der Waals surface area contributed by atoms with Gasteiger partial charge in [0.15, 0.2) is 0 Å². The summed E-state index contributed by atoms with van der Waals surface area (Å²) in [5.41, 5.74) is 8.03. The molecule has 0 spiro atoms. The Bertz CT molecular complexity index is 1250. The molecular formula is C21H18N6O2. The zero-order valence-corrected chi connectivity index (χ0v) is 15.5. The zero-order valence-electron chi connectivity index (χ0n) is 15.5. The quantitative estimate of drug-likeness (QED) is 0.573. The zero-order chi connectivity index (χ0) is 19.8. The summed E-state index contributed by atoms with van der Waals surface area (Å²) in [6.07, 6.45) is 6.62. The fourth-order valence-electron chi connectivity index (χ4n) is 3.68. The summed E-state index contributed by atoms with van der Waals surface area (Å²) >= 11 is 0. The molecule has 8 nitrogen and oxygen atoms in total. The molecule has 0 saturated carbocycles. The monoisotopic (exact) mass is 386 g/mol. The van der Waals surface area contributed by atoms with Crippen LogP contribution in [0, 0.1) is 11.3 Å². The lowest BCUT2D eigenvalue weighted by Crippen LogP contribution is -2.18. The second kappa shape index (κ2) is 7.04. The van der Waals surface area contributed by atoms with Gasteiger partial charge in [-0.25, -0.2) is 9.97 Å². The number of aromatic nitrogens is 4. The van der Waals surface area contributed by atoms with Gasteiger partial charge in [0.05, 0.1) is 22.6 Å². The second-order valence-electron chi connectivity index (χ2n) is 7.01. The van der Waals surface area contributed by atoms with Crippen LogP contribution in [0.15, 0.2) is 49.1 Å². The van der Waals surface area contributed by atoms with Crippen molar-refractivity contribution < 1.29 is 9.47 Å². The molecule has 4 heterocycles. The van der Waals surface area contributed by atoms with Crippen LogP contribution in [0.2, 0.25) is 0 Å². The molecule has 0 radical (unpaired) electrons. The van der Waals surface area contributed by atoms with E-state index >= 15 is 0 Å². The van der Waals surface area contributed by atoms with E-state index in [2.05, 4.69) is 21.0 Å². The predicted molar refractivity (Wildman–Crippen MR) is 107 cm³/mol. The van der Waals surface area contributed by atoms with E-state index in [1.54, 1.807) is 6.20 Å². The van der Waals surface area contributed by atoms with E-state index in [0.717, 1.165) is 40.5 Å². The summed E-state index contributed by atoms with van der Waals surface area (Å²) < 4.78 is 14.1. The fourth-order valence-corrected chi connectivity index (χ4v) is 3.68. The van der Waals surface area contributed by atoms with Crippen LogP contribution in [0.4, 0.5) is 5.82 Å². The normalized spacial score (nSPS) is 18.9. The summed E-state index contributed by atoms with van der Waals surface area (Å²) in [5, 5.41) is 10.7. The van der Waals surface area contributed by atoms with Crippen LogP contribution in [0.3, 0.4) is 0 Å². The minimum Gasteiger partial charge on any atom is -0.491 e. The molecule has 1 aliphatic heterocycles. The molecule has 0 aliphatic carbocycles. The number of hydrogen-bond acceptors (Lipinski definition) is 7. The van der Waals surface area contributed by atoms with Crippen molar-refractivity contribution in [3.8, 4) is 11.8 Å². The van der Waals surface area contributed by atoms with Gasteiger partial charge in [-0.2, -0.15) is 5.26 Å². The lowest BCUT2D eigenvalue weighted by atomic mass is 10.1. The van der Waals surface area contributed by atoms with Crippen LogP contribution >= 0.6 is 0 Å². The van der Waals surface area contributed by atoms with E-state index < -0.39 is 0 Å². The molecule has 1 fully saturated rings. The van der Waals surface area contributed by atoms with Gasteiger partial charge in [0.2, 0.25) is 0 Å². The molecule has 0 bridgehead atoms. The highest BCUT2D eigenvalue weighted by Gasteiger charge is 2.28. The van der Waals surface area contributed by atoms with E-state index in [1.807, 2.05) is 41.1 Å². The third-order valence-electron chi connectivity index (χ3n) is 5.16. The van der Waals surface area contributed by atoms with Gasteiger partial charge in [0.25, 0.3) is 0 Å². The number of fused-ring (bicyclic) bond motifs is 2. The van der Waals surface area contributed by atoms with Crippen molar-refractivity contribution in [3.63, 3.8) is 0 Å². The SMILES string of the molecule is N#Cc1cnc2cc(OCC3CCC(n4ccc5c(N)ncnc54)O3)ccc2c1. The predicted octanol–water partition coefficient (Wildman–Crippen LogP) is 3.19. The first kappa shape index (κ1) is 17.4. The maximum atomic E-state index is 8.98. The van der Waals surface area contributed by atoms with Crippen molar-refractivity contribution in [1.82, 2.24) is 19.5 Å². The van der Waals surface area contributed by atoms with E-state index in [0.29, 0.717) is 18.0 Å². The molecule has 144 valence electrons. The minimum atomic E-state index is -0.0990. The first-order valence-corrected chi connectivity index (χ1v) is 9.36. The standard InChI is InChI=1S/C21H18N6O2/c22-9-13-7-14-1-2-15(8-18(14)24-10-13)28-11-16-3-4-19(29-16)27-6-5-17-20(23)25-12-26-21(17)27/h1-2,5-8,10,12,16,19H,3-4,11H2,(H2,23,25,26). The number of nitriles is 1. The van der Waals surface area contributed by atoms with Crippen molar-refractivity contribution in [2.75, 3.05) is 12.3 Å². The first-order valence-electron chi connectivity index (χ1n) is 9.36. The third-order valence-corrected chi connectivity index (χ3v) is 5.16. The number of rotatable bonds is 4. The van der Waals surface area contributed by atoms with Gasteiger partial charge in [-0.15, -0.1) is 0 Å². The Morgan fingerprint density at radius 2 is 2.14 bits per heavy atom. The molecule has 2 unspecified atom stereocenters. The summed E-state index contributed by atoms with van der Waals surface area (Å²) in [6, 6.07) is 11.5. The van der Waals surface area contributed by atoms with Gasteiger partial charge in [-0.05, 0) is 37.1 Å². The van der Waals surface area contributed by atoms with Crippen LogP contribution in [0.5, 0.6) is 5.75 Å². The molecule has 1 aliphatic rings. The lowest BCUT2D eigenvalue weighted by molar-refractivity contribution is -0.0156. The lowest BCUT2D eigenvalue weighted by Gasteiger charge is -2.16. The molecule has 0 amide bonds. The summed E-state index contributed by atoms with van der Waals surface area (Å²) in [6.45, 7) is 0.453. The van der Waals surface area contributed by atoms with Crippen molar-refractivity contribution in [2.24, 2.45) is 0 Å². The molecule has 2 N–H and O–H groups in total. The Labute approximate surface area is 166 Å². The van der Waals surface area contributed by atoms with Gasteiger partial charge < -0.3 is 19.8 Å². The number of pyridine rings is 1. The topological polar surface area (TPSA) is 112 Å². The highest BCUT2D eigenvalue weighted by molar-refractivity contribution is 5.86. The smallest absolute Gasteiger partial charge is 0.147 e. The maximum Gasteiger partial charge on any atom is 0.147 e. The number of nitrogens with zero attached hydrogens (tertiary/aromatic N) is 5. The van der Waals surface area contributed by atoms with Gasteiger partial charge in [0, 0.05) is 23.8 Å². The summed E-state index contributed by atoms with van der Waals surface area (Å²) in [4.78, 5) is 12.7.